The summed E-state index contributed by atoms with van der Waals surface area (Å²) in [5.41, 5.74) is 12.1. The molecule has 79 heavy (non-hydrogen) atoms. The van der Waals surface area contributed by atoms with Crippen molar-refractivity contribution in [3.63, 3.8) is 0 Å². The minimum Gasteiger partial charge on any atom is -0.497 e. The van der Waals surface area contributed by atoms with Gasteiger partial charge in [0, 0.05) is 79.8 Å². The summed E-state index contributed by atoms with van der Waals surface area (Å²) >= 11 is 0. The molecule has 0 N–H and O–H groups in total. The molecule has 5 aromatic rings. The molecule has 0 amide bonds. The number of hydrogen-bond acceptors (Lipinski definition) is 7. The number of methoxy groups -OCH3 is 2. The van der Waals surface area contributed by atoms with E-state index in [1.54, 1.807) is 11.1 Å². The van der Waals surface area contributed by atoms with Gasteiger partial charge in [-0.3, -0.25) is 19.6 Å². The number of piperidine rings is 2. The summed E-state index contributed by atoms with van der Waals surface area (Å²) in [6.45, 7) is 16.8. The van der Waals surface area contributed by atoms with Crippen LogP contribution in [0.4, 0.5) is 0 Å². The first kappa shape index (κ1) is 50.1. The molecule has 8 aliphatic carbocycles. The molecule has 12 atom stereocenters. The Bertz CT molecular complexity index is 3110. The molecule has 10 fully saturated rings. The Morgan fingerprint density at radius 2 is 1.06 bits per heavy atom. The molecule has 6 saturated carbocycles. The fourth-order valence-corrected chi connectivity index (χ4v) is 21.7. The second-order valence-electron chi connectivity index (χ2n) is 29.1. The minimum atomic E-state index is 0.114. The van der Waals surface area contributed by atoms with E-state index >= 15 is 0 Å². The van der Waals surface area contributed by atoms with E-state index in [-0.39, 0.29) is 10.8 Å². The Balaban J connectivity index is 0.000000137. The maximum absolute atomic E-state index is 7.09. The van der Waals surface area contributed by atoms with Crippen molar-refractivity contribution in [2.75, 3.05) is 53.5 Å². The Hall–Kier alpha value is -4.66. The number of nitrogens with zero attached hydrogens (tertiary/aromatic N) is 4. The van der Waals surface area contributed by atoms with Gasteiger partial charge in [0.25, 0.3) is 0 Å². The molecule has 7 heteroatoms. The monoisotopic (exact) mass is 1060 g/mol. The van der Waals surface area contributed by atoms with Crippen molar-refractivity contribution in [3.8, 4) is 23.0 Å². The molecule has 4 saturated heterocycles. The molecule has 12 aliphatic rings. The van der Waals surface area contributed by atoms with Gasteiger partial charge in [0.05, 0.1) is 14.2 Å². The van der Waals surface area contributed by atoms with Crippen LogP contribution in [0.3, 0.4) is 0 Å². The Morgan fingerprint density at radius 3 is 1.62 bits per heavy atom. The Kier molecular flexibility index (Phi) is 11.7. The van der Waals surface area contributed by atoms with E-state index < -0.39 is 0 Å². The third-order valence-electron chi connectivity index (χ3n) is 24.7. The van der Waals surface area contributed by atoms with E-state index in [0.717, 1.165) is 84.2 Å². The summed E-state index contributed by atoms with van der Waals surface area (Å²) in [6.07, 6.45) is 19.2. The number of rotatable bonds is 12. The van der Waals surface area contributed by atoms with Gasteiger partial charge < -0.3 is 14.2 Å². The molecule has 8 bridgehead atoms. The van der Waals surface area contributed by atoms with Crippen LogP contribution in [0.25, 0.3) is 0 Å². The lowest BCUT2D eigenvalue weighted by Gasteiger charge is -2.66. The molecule has 5 aromatic carbocycles. The van der Waals surface area contributed by atoms with Crippen molar-refractivity contribution >= 4 is 0 Å². The van der Waals surface area contributed by atoms with E-state index in [0.29, 0.717) is 34.2 Å². The van der Waals surface area contributed by atoms with Gasteiger partial charge in [-0.25, -0.2) is 0 Å². The van der Waals surface area contributed by atoms with Gasteiger partial charge in [-0.1, -0.05) is 106 Å². The van der Waals surface area contributed by atoms with Gasteiger partial charge in [0.2, 0.25) is 0 Å². The summed E-state index contributed by atoms with van der Waals surface area (Å²) in [5, 5.41) is 0. The molecule has 4 heterocycles. The van der Waals surface area contributed by atoms with Crippen LogP contribution in [0.15, 0.2) is 115 Å². The van der Waals surface area contributed by atoms with Crippen molar-refractivity contribution in [2.45, 2.75) is 164 Å². The van der Waals surface area contributed by atoms with E-state index in [9.17, 15) is 0 Å². The molecule has 17 rings (SSSR count). The quantitative estimate of drug-likeness (QED) is 0.123. The normalized spacial score (nSPS) is 36.4. The predicted octanol–water partition coefficient (Wildman–Crippen LogP) is 13.6. The van der Waals surface area contributed by atoms with Crippen LogP contribution in [0.1, 0.15) is 137 Å². The van der Waals surface area contributed by atoms with Gasteiger partial charge in [0.1, 0.15) is 11.5 Å². The maximum Gasteiger partial charge on any atom is 0.173 e. The van der Waals surface area contributed by atoms with Crippen LogP contribution in [-0.2, 0) is 42.2 Å². The highest BCUT2D eigenvalue weighted by Gasteiger charge is 2.78. The van der Waals surface area contributed by atoms with Crippen molar-refractivity contribution < 1.29 is 14.2 Å². The van der Waals surface area contributed by atoms with Gasteiger partial charge in [-0.2, -0.15) is 0 Å². The van der Waals surface area contributed by atoms with Crippen molar-refractivity contribution in [3.05, 3.63) is 154 Å². The van der Waals surface area contributed by atoms with Crippen molar-refractivity contribution in [2.24, 2.45) is 46.3 Å². The second-order valence-corrected chi connectivity index (χ2v) is 29.1. The topological polar surface area (TPSA) is 40.7 Å². The number of hydrogen-bond donors (Lipinski definition) is 0. The zero-order valence-corrected chi connectivity index (χ0v) is 48.3. The summed E-state index contributed by atoms with van der Waals surface area (Å²) in [5.74, 6) is 8.93. The highest BCUT2D eigenvalue weighted by molar-refractivity contribution is 5.62. The average Bonchev–Trinajstić information content (AvgIpc) is 1.80. The van der Waals surface area contributed by atoms with E-state index in [4.69, 9.17) is 14.2 Å². The average molecular weight is 1060 g/mol. The molecular weight excluding hydrogens is 969 g/mol. The van der Waals surface area contributed by atoms with Gasteiger partial charge in [0.15, 0.2) is 11.5 Å². The van der Waals surface area contributed by atoms with Crippen LogP contribution < -0.4 is 14.2 Å². The summed E-state index contributed by atoms with van der Waals surface area (Å²) in [4.78, 5) is 11.8. The Morgan fingerprint density at radius 1 is 0.532 bits per heavy atom. The van der Waals surface area contributed by atoms with E-state index in [2.05, 4.69) is 156 Å². The van der Waals surface area contributed by atoms with E-state index in [1.165, 1.54) is 151 Å². The van der Waals surface area contributed by atoms with Gasteiger partial charge >= 0.3 is 0 Å². The molecule has 0 radical (unpaired) electrons. The molecule has 4 aliphatic heterocycles. The molecule has 12 unspecified atom stereocenters. The third kappa shape index (κ3) is 7.48. The third-order valence-corrected chi connectivity index (χ3v) is 24.7. The highest BCUT2D eigenvalue weighted by atomic mass is 16.5. The standard InChI is InChI=1S/C41H50N2O2.C31H38N2O/c1-39(2,3)31-13-15-32(16-14-31)45-38-34(44-4)17-12-29-22-35-40-19-18-33-36(30(23-40)26-43(33)25-27-8-6-5-7-9-27)41(40,37(29)38)20-21-42(35)24-28-10-11-28;1-34-25-10-9-23-15-28-30-12-11-27-29(24(17-30)20-33(27)19-21-5-3-2-4-6-21)31(30,26(23)16-25)13-14-32(28)18-22-7-8-22/h5-9,12-17,28,30,33,35-36H,10-11,18-26H2,1-4H3;2-6,9-10,16,22,24,27-29H,7-8,11-15,17-20H2,1H3. The minimum absolute atomic E-state index is 0.114. The Labute approximate surface area is 472 Å². The molecule has 414 valence electrons. The second kappa shape index (κ2) is 18.4. The number of fused-ring (bicyclic) bond motifs is 2. The first-order chi connectivity index (χ1) is 38.5. The summed E-state index contributed by atoms with van der Waals surface area (Å²) in [7, 11) is 3.68. The SMILES string of the molecule is COc1ccc2c(c1)C13CCN(CC4CC4)C(C2)C12CCC1C3C(CN1Cc1ccccc1)C2.COc1ccc2c(c1Oc1ccc(C(C)(C)C)cc1)C13CCN(CC4CC4)C(C2)C12CCC1C3C(CN1Cc1ccccc1)C2. The van der Waals surface area contributed by atoms with Crippen LogP contribution in [0.2, 0.25) is 0 Å². The zero-order valence-electron chi connectivity index (χ0n) is 48.3. The van der Waals surface area contributed by atoms with Crippen LogP contribution in [0.5, 0.6) is 23.0 Å². The van der Waals surface area contributed by atoms with Gasteiger partial charge in [-0.15, -0.1) is 0 Å². The summed E-state index contributed by atoms with van der Waals surface area (Å²) in [6, 6.07) is 45.9. The lowest BCUT2D eigenvalue weighted by atomic mass is 9.43. The first-order valence-electron chi connectivity index (χ1n) is 31.7. The fourth-order valence-electron chi connectivity index (χ4n) is 21.7. The number of benzene rings is 5. The zero-order chi connectivity index (χ0) is 53.0. The molecular formula is C72H88N4O3. The van der Waals surface area contributed by atoms with E-state index in [1.807, 2.05) is 14.2 Å². The van der Waals surface area contributed by atoms with Crippen LogP contribution in [-0.4, -0.2) is 97.3 Å². The van der Waals surface area contributed by atoms with Crippen LogP contribution >= 0.6 is 0 Å². The lowest BCUT2D eigenvalue weighted by molar-refractivity contribution is -0.106. The lowest BCUT2D eigenvalue weighted by Crippen LogP contribution is -2.69. The molecule has 0 spiro atoms. The molecule has 7 nitrogen and oxygen atoms in total. The predicted molar refractivity (Wildman–Crippen MR) is 315 cm³/mol. The largest absolute Gasteiger partial charge is 0.497 e. The highest BCUT2D eigenvalue weighted by Crippen LogP contribution is 2.78. The van der Waals surface area contributed by atoms with Gasteiger partial charge in [-0.05, 0) is 218 Å². The maximum atomic E-state index is 7.09. The van der Waals surface area contributed by atoms with Crippen molar-refractivity contribution in [1.82, 2.24) is 19.6 Å². The first-order valence-corrected chi connectivity index (χ1v) is 31.7. The smallest absolute Gasteiger partial charge is 0.173 e. The fraction of sp³-hybridized carbons (Fsp3) is 0.583. The summed E-state index contributed by atoms with van der Waals surface area (Å²) < 4.78 is 19.1. The molecule has 0 aromatic heterocycles. The number of ether oxygens (including phenoxy) is 3. The van der Waals surface area contributed by atoms with Crippen LogP contribution in [0, 0.1) is 46.3 Å². The number of likely N-dealkylation sites (tertiary alicyclic amines) is 4. The van der Waals surface area contributed by atoms with Crippen molar-refractivity contribution in [1.29, 1.82) is 0 Å².